The van der Waals surface area contributed by atoms with Gasteiger partial charge in [0.2, 0.25) is 5.91 Å². The first-order valence-electron chi connectivity index (χ1n) is 9.50. The van der Waals surface area contributed by atoms with Gasteiger partial charge in [-0.25, -0.2) is 4.98 Å². The Labute approximate surface area is 173 Å². The van der Waals surface area contributed by atoms with Gasteiger partial charge in [0, 0.05) is 6.20 Å². The molecule has 1 amide bonds. The van der Waals surface area contributed by atoms with Crippen LogP contribution in [0.15, 0.2) is 72.9 Å². The summed E-state index contributed by atoms with van der Waals surface area (Å²) in [5.41, 5.74) is 2.65. The van der Waals surface area contributed by atoms with E-state index in [4.69, 9.17) is 9.72 Å². The highest BCUT2D eigenvalue weighted by Gasteiger charge is 2.21. The van der Waals surface area contributed by atoms with Gasteiger partial charge in [-0.3, -0.25) is 14.7 Å². The average molecular weight is 404 g/mol. The van der Waals surface area contributed by atoms with Gasteiger partial charge in [0.1, 0.15) is 5.75 Å². The molecule has 0 radical (unpaired) electrons. The normalized spacial score (nSPS) is 10.8. The summed E-state index contributed by atoms with van der Waals surface area (Å²) in [5, 5.41) is 0.667. The van der Waals surface area contributed by atoms with Gasteiger partial charge in [-0.1, -0.05) is 47.7 Å². The largest absolute Gasteiger partial charge is 0.494 e. The van der Waals surface area contributed by atoms with Crippen LogP contribution >= 0.6 is 11.3 Å². The summed E-state index contributed by atoms with van der Waals surface area (Å²) < 4.78 is 6.58. The highest BCUT2D eigenvalue weighted by molar-refractivity contribution is 7.22. The van der Waals surface area contributed by atoms with Crippen molar-refractivity contribution < 1.29 is 9.53 Å². The summed E-state index contributed by atoms with van der Waals surface area (Å²) in [6.45, 7) is 2.95. The summed E-state index contributed by atoms with van der Waals surface area (Å²) >= 11 is 1.49. The molecular formula is C23H21N3O2S. The van der Waals surface area contributed by atoms with Gasteiger partial charge < -0.3 is 4.74 Å². The zero-order valence-electron chi connectivity index (χ0n) is 16.1. The summed E-state index contributed by atoms with van der Waals surface area (Å²) in [4.78, 5) is 24.0. The standard InChI is InChI=1S/C23H21N3O2S/c1-2-28-19-11-12-20-21(15-19)29-23(25-20)26(16-18-10-6-7-13-24-18)22(27)14-17-8-4-3-5-9-17/h3-13,15H,2,14,16H2,1H3. The Bertz CT molecular complexity index is 1100. The third kappa shape index (κ3) is 4.60. The number of pyridine rings is 1. The molecule has 0 fully saturated rings. The molecule has 0 spiro atoms. The quantitative estimate of drug-likeness (QED) is 0.442. The molecular weight excluding hydrogens is 382 g/mol. The second-order valence-corrected chi connectivity index (χ2v) is 7.53. The van der Waals surface area contributed by atoms with Crippen LogP contribution in [0, 0.1) is 0 Å². The first kappa shape index (κ1) is 19.1. The van der Waals surface area contributed by atoms with Crippen LogP contribution in [0.3, 0.4) is 0 Å². The fraction of sp³-hybridized carbons (Fsp3) is 0.174. The third-order valence-electron chi connectivity index (χ3n) is 4.44. The Kier molecular flexibility index (Phi) is 5.81. The van der Waals surface area contributed by atoms with Crippen LogP contribution in [-0.4, -0.2) is 22.5 Å². The number of rotatable bonds is 7. The Balaban J connectivity index is 1.67. The first-order valence-corrected chi connectivity index (χ1v) is 10.3. The van der Waals surface area contributed by atoms with Gasteiger partial charge in [-0.15, -0.1) is 0 Å². The lowest BCUT2D eigenvalue weighted by molar-refractivity contribution is -0.118. The Morgan fingerprint density at radius 1 is 1.07 bits per heavy atom. The van der Waals surface area contributed by atoms with Crippen molar-refractivity contribution in [3.63, 3.8) is 0 Å². The minimum Gasteiger partial charge on any atom is -0.494 e. The molecule has 0 aliphatic heterocycles. The zero-order valence-corrected chi connectivity index (χ0v) is 16.9. The molecule has 2 aromatic heterocycles. The molecule has 0 bridgehead atoms. The molecule has 4 rings (SSSR count). The smallest absolute Gasteiger partial charge is 0.233 e. The van der Waals surface area contributed by atoms with E-state index in [1.807, 2.05) is 73.7 Å². The van der Waals surface area contributed by atoms with Crippen LogP contribution in [0.2, 0.25) is 0 Å². The van der Waals surface area contributed by atoms with Crippen LogP contribution in [0.1, 0.15) is 18.2 Å². The van der Waals surface area contributed by atoms with Crippen molar-refractivity contribution in [3.8, 4) is 5.75 Å². The summed E-state index contributed by atoms with van der Waals surface area (Å²) in [5.74, 6) is 0.799. The van der Waals surface area contributed by atoms with Crippen molar-refractivity contribution in [1.29, 1.82) is 0 Å². The zero-order chi connectivity index (χ0) is 20.1. The lowest BCUT2D eigenvalue weighted by Crippen LogP contribution is -2.32. The second-order valence-electron chi connectivity index (χ2n) is 6.52. The molecule has 2 heterocycles. The molecule has 146 valence electrons. The number of hydrogen-bond acceptors (Lipinski definition) is 5. The lowest BCUT2D eigenvalue weighted by Gasteiger charge is -2.19. The van der Waals surface area contributed by atoms with Gasteiger partial charge in [0.15, 0.2) is 5.13 Å². The maximum absolute atomic E-state index is 13.2. The summed E-state index contributed by atoms with van der Waals surface area (Å²) in [6.07, 6.45) is 2.05. The topological polar surface area (TPSA) is 55.3 Å². The predicted molar refractivity (Wildman–Crippen MR) is 116 cm³/mol. The molecule has 0 atom stereocenters. The van der Waals surface area contributed by atoms with Gasteiger partial charge >= 0.3 is 0 Å². The number of aromatic nitrogens is 2. The molecule has 5 nitrogen and oxygen atoms in total. The number of ether oxygens (including phenoxy) is 1. The monoisotopic (exact) mass is 403 g/mol. The Morgan fingerprint density at radius 2 is 1.90 bits per heavy atom. The van der Waals surface area contributed by atoms with E-state index in [1.54, 1.807) is 11.1 Å². The highest BCUT2D eigenvalue weighted by Crippen LogP contribution is 2.32. The van der Waals surface area contributed by atoms with E-state index < -0.39 is 0 Å². The number of hydrogen-bond donors (Lipinski definition) is 0. The van der Waals surface area contributed by atoms with Gasteiger partial charge in [0.25, 0.3) is 0 Å². The maximum atomic E-state index is 13.2. The minimum atomic E-state index is -0.00839. The molecule has 4 aromatic rings. The lowest BCUT2D eigenvalue weighted by atomic mass is 10.1. The predicted octanol–water partition coefficient (Wildman–Crippen LogP) is 4.87. The van der Waals surface area contributed by atoms with Crippen LogP contribution in [0.25, 0.3) is 10.2 Å². The first-order chi connectivity index (χ1) is 14.2. The number of benzene rings is 2. The molecule has 0 aliphatic carbocycles. The van der Waals surface area contributed by atoms with Gasteiger partial charge in [-0.2, -0.15) is 0 Å². The van der Waals surface area contributed by atoms with E-state index in [1.165, 1.54) is 11.3 Å². The number of thiazole rings is 1. The van der Waals surface area contributed by atoms with Crippen molar-refractivity contribution in [1.82, 2.24) is 9.97 Å². The minimum absolute atomic E-state index is 0.00839. The van der Waals surface area contributed by atoms with Crippen molar-refractivity contribution in [2.24, 2.45) is 0 Å². The van der Waals surface area contributed by atoms with E-state index in [0.29, 0.717) is 24.7 Å². The van der Waals surface area contributed by atoms with Crippen molar-refractivity contribution in [3.05, 3.63) is 84.2 Å². The van der Waals surface area contributed by atoms with Crippen molar-refractivity contribution in [2.45, 2.75) is 19.9 Å². The number of nitrogens with zero attached hydrogens (tertiary/aromatic N) is 3. The third-order valence-corrected chi connectivity index (χ3v) is 5.48. The number of anilines is 1. The second kappa shape index (κ2) is 8.84. The Morgan fingerprint density at radius 3 is 2.66 bits per heavy atom. The molecule has 2 aromatic carbocycles. The molecule has 0 aliphatic rings. The van der Waals surface area contributed by atoms with Gasteiger partial charge in [0.05, 0.1) is 35.5 Å². The number of amides is 1. The van der Waals surface area contributed by atoms with E-state index in [2.05, 4.69) is 4.98 Å². The van der Waals surface area contributed by atoms with Crippen LogP contribution in [-0.2, 0) is 17.8 Å². The molecule has 0 saturated carbocycles. The fourth-order valence-electron chi connectivity index (χ4n) is 3.05. The maximum Gasteiger partial charge on any atom is 0.233 e. The number of carbonyl (C=O) groups excluding carboxylic acids is 1. The van der Waals surface area contributed by atoms with Crippen molar-refractivity contribution in [2.75, 3.05) is 11.5 Å². The van der Waals surface area contributed by atoms with Gasteiger partial charge in [-0.05, 0) is 42.8 Å². The van der Waals surface area contributed by atoms with Crippen LogP contribution in [0.4, 0.5) is 5.13 Å². The Hall–Kier alpha value is -3.25. The van der Waals surface area contributed by atoms with E-state index in [9.17, 15) is 4.79 Å². The van der Waals surface area contributed by atoms with E-state index >= 15 is 0 Å². The number of carbonyl (C=O) groups is 1. The molecule has 0 N–H and O–H groups in total. The summed E-state index contributed by atoms with van der Waals surface area (Å²) in [7, 11) is 0. The number of fused-ring (bicyclic) bond motifs is 1. The van der Waals surface area contributed by atoms with E-state index in [0.717, 1.165) is 27.2 Å². The van der Waals surface area contributed by atoms with E-state index in [-0.39, 0.29) is 5.91 Å². The fourth-order valence-corrected chi connectivity index (χ4v) is 4.06. The van der Waals surface area contributed by atoms with Crippen LogP contribution < -0.4 is 9.64 Å². The molecule has 6 heteroatoms. The molecule has 0 unspecified atom stereocenters. The molecule has 29 heavy (non-hydrogen) atoms. The molecule has 0 saturated heterocycles. The van der Waals surface area contributed by atoms with Crippen molar-refractivity contribution >= 4 is 32.6 Å². The van der Waals surface area contributed by atoms with Crippen LogP contribution in [0.5, 0.6) is 5.75 Å². The highest BCUT2D eigenvalue weighted by atomic mass is 32.1. The SMILES string of the molecule is CCOc1ccc2nc(N(Cc3ccccn3)C(=O)Cc3ccccc3)sc2c1. The summed E-state index contributed by atoms with van der Waals surface area (Å²) in [6, 6.07) is 21.3. The average Bonchev–Trinajstić information content (AvgIpc) is 3.16.